The Hall–Kier alpha value is -2.82. The number of ether oxygens (including phenoxy) is 1. The van der Waals surface area contributed by atoms with Gasteiger partial charge in [0.15, 0.2) is 0 Å². The Morgan fingerprint density at radius 2 is 1.73 bits per heavy atom. The molecule has 1 N–H and O–H groups in total. The van der Waals surface area contributed by atoms with Crippen LogP contribution in [0.25, 0.3) is 0 Å². The molecule has 0 aliphatic carbocycles. The Bertz CT molecular complexity index is 766. The number of aryl methyl sites for hydroxylation is 2. The van der Waals surface area contributed by atoms with Crippen molar-refractivity contribution < 1.29 is 14.3 Å². The van der Waals surface area contributed by atoms with Gasteiger partial charge in [-0.1, -0.05) is 18.2 Å². The van der Waals surface area contributed by atoms with Crippen LogP contribution in [0.4, 0.5) is 11.4 Å². The summed E-state index contributed by atoms with van der Waals surface area (Å²) in [5.74, 6) is 0.395. The van der Waals surface area contributed by atoms with Crippen LogP contribution in [0.2, 0.25) is 0 Å². The second-order valence-corrected chi connectivity index (χ2v) is 6.24. The molecular formula is C21H26N2O3. The van der Waals surface area contributed by atoms with Crippen LogP contribution in [0.3, 0.4) is 0 Å². The number of benzene rings is 2. The average Bonchev–Trinajstić information content (AvgIpc) is 2.56. The molecule has 5 heteroatoms. The summed E-state index contributed by atoms with van der Waals surface area (Å²) in [6.07, 6.45) is 0.201. The van der Waals surface area contributed by atoms with Crippen LogP contribution in [-0.2, 0) is 9.59 Å². The summed E-state index contributed by atoms with van der Waals surface area (Å²) in [4.78, 5) is 26.0. The summed E-state index contributed by atoms with van der Waals surface area (Å²) in [5.41, 5.74) is 3.63. The monoisotopic (exact) mass is 354 g/mol. The van der Waals surface area contributed by atoms with Gasteiger partial charge in [0.2, 0.25) is 11.8 Å². The molecule has 0 fully saturated rings. The van der Waals surface area contributed by atoms with E-state index in [1.165, 1.54) is 6.92 Å². The van der Waals surface area contributed by atoms with Crippen molar-refractivity contribution in [3.8, 4) is 5.75 Å². The van der Waals surface area contributed by atoms with E-state index in [2.05, 4.69) is 11.4 Å². The molecule has 2 amide bonds. The van der Waals surface area contributed by atoms with Crippen molar-refractivity contribution in [1.29, 1.82) is 0 Å². The summed E-state index contributed by atoms with van der Waals surface area (Å²) in [7, 11) is 0. The van der Waals surface area contributed by atoms with Crippen LogP contribution in [0.15, 0.2) is 42.5 Å². The molecule has 0 bridgehead atoms. The van der Waals surface area contributed by atoms with Crippen molar-refractivity contribution in [2.75, 3.05) is 23.4 Å². The number of hydrogen-bond acceptors (Lipinski definition) is 3. The first-order chi connectivity index (χ1) is 12.4. The molecule has 0 heterocycles. The van der Waals surface area contributed by atoms with Gasteiger partial charge < -0.3 is 15.0 Å². The van der Waals surface area contributed by atoms with Crippen LogP contribution in [0.1, 0.15) is 31.4 Å². The van der Waals surface area contributed by atoms with Crippen molar-refractivity contribution in [3.63, 3.8) is 0 Å². The fourth-order valence-electron chi connectivity index (χ4n) is 2.85. The van der Waals surface area contributed by atoms with Gasteiger partial charge in [0.25, 0.3) is 0 Å². The molecule has 138 valence electrons. The number of carbonyl (C=O) groups is 2. The van der Waals surface area contributed by atoms with Gasteiger partial charge >= 0.3 is 0 Å². The molecule has 2 aromatic carbocycles. The number of nitrogens with one attached hydrogen (secondary N) is 1. The van der Waals surface area contributed by atoms with Gasteiger partial charge in [0.05, 0.1) is 12.3 Å². The molecule has 0 aliphatic rings. The van der Waals surface area contributed by atoms with Crippen LogP contribution < -0.4 is 15.0 Å². The van der Waals surface area contributed by atoms with Crippen molar-refractivity contribution in [3.05, 3.63) is 53.6 Å². The van der Waals surface area contributed by atoms with Gasteiger partial charge in [-0.15, -0.1) is 0 Å². The highest BCUT2D eigenvalue weighted by Gasteiger charge is 2.15. The lowest BCUT2D eigenvalue weighted by atomic mass is 10.1. The third-order valence-electron chi connectivity index (χ3n) is 3.92. The van der Waals surface area contributed by atoms with E-state index >= 15 is 0 Å². The van der Waals surface area contributed by atoms with Crippen molar-refractivity contribution >= 4 is 23.2 Å². The number of rotatable bonds is 7. The maximum Gasteiger partial charge on any atom is 0.226 e. The van der Waals surface area contributed by atoms with Crippen LogP contribution in [0, 0.1) is 13.8 Å². The van der Waals surface area contributed by atoms with Gasteiger partial charge in [-0.3, -0.25) is 9.59 Å². The normalized spacial score (nSPS) is 10.3. The fourth-order valence-corrected chi connectivity index (χ4v) is 2.85. The Morgan fingerprint density at radius 3 is 2.35 bits per heavy atom. The second-order valence-electron chi connectivity index (χ2n) is 6.24. The number of para-hydroxylation sites is 2. The lowest BCUT2D eigenvalue weighted by Crippen LogP contribution is -2.32. The number of hydrogen-bond donors (Lipinski definition) is 1. The molecule has 0 aliphatic heterocycles. The molecular weight excluding hydrogens is 328 g/mol. The Morgan fingerprint density at radius 1 is 1.08 bits per heavy atom. The second kappa shape index (κ2) is 9.04. The summed E-state index contributed by atoms with van der Waals surface area (Å²) in [5, 5.41) is 2.86. The SMILES string of the molecule is CCOc1ccccc1NC(=O)CCN(C(C)=O)c1cc(C)cc(C)c1. The number of carbonyl (C=O) groups excluding carboxylic acids is 2. The molecule has 0 radical (unpaired) electrons. The topological polar surface area (TPSA) is 58.6 Å². The molecule has 0 spiro atoms. The van der Waals surface area contributed by atoms with Crippen LogP contribution >= 0.6 is 0 Å². The minimum Gasteiger partial charge on any atom is -0.492 e. The van der Waals surface area contributed by atoms with Crippen LogP contribution in [0.5, 0.6) is 5.75 Å². The minimum atomic E-state index is -0.159. The summed E-state index contributed by atoms with van der Waals surface area (Å²) in [6, 6.07) is 13.3. The first-order valence-electron chi connectivity index (χ1n) is 8.78. The van der Waals surface area contributed by atoms with Crippen molar-refractivity contribution in [2.24, 2.45) is 0 Å². The van der Waals surface area contributed by atoms with E-state index in [0.717, 1.165) is 16.8 Å². The van der Waals surface area contributed by atoms with E-state index in [1.54, 1.807) is 11.0 Å². The predicted molar refractivity (Wildman–Crippen MR) is 105 cm³/mol. The number of nitrogens with zero attached hydrogens (tertiary/aromatic N) is 1. The predicted octanol–water partition coefficient (Wildman–Crippen LogP) is 4.08. The zero-order valence-electron chi connectivity index (χ0n) is 15.8. The van der Waals surface area contributed by atoms with Crippen molar-refractivity contribution in [2.45, 2.75) is 34.1 Å². The minimum absolute atomic E-state index is 0.0856. The standard InChI is InChI=1S/C21H26N2O3/c1-5-26-20-9-7-6-8-19(20)22-21(25)10-11-23(17(4)24)18-13-15(2)12-16(3)14-18/h6-9,12-14H,5,10-11H2,1-4H3,(H,22,25). The fraction of sp³-hybridized carbons (Fsp3) is 0.333. The number of anilines is 2. The molecule has 2 aromatic rings. The summed E-state index contributed by atoms with van der Waals surface area (Å²) in [6.45, 7) is 8.24. The van der Waals surface area contributed by atoms with Gasteiger partial charge in [-0.05, 0) is 56.2 Å². The quantitative estimate of drug-likeness (QED) is 0.815. The largest absolute Gasteiger partial charge is 0.492 e. The maximum absolute atomic E-state index is 12.4. The average molecular weight is 354 g/mol. The molecule has 26 heavy (non-hydrogen) atoms. The smallest absolute Gasteiger partial charge is 0.226 e. The van der Waals surface area contributed by atoms with E-state index < -0.39 is 0 Å². The van der Waals surface area contributed by atoms with Gasteiger partial charge in [-0.25, -0.2) is 0 Å². The lowest BCUT2D eigenvalue weighted by Gasteiger charge is -2.22. The third kappa shape index (κ3) is 5.34. The molecule has 0 aromatic heterocycles. The van der Waals surface area contributed by atoms with E-state index in [4.69, 9.17) is 4.74 Å². The summed E-state index contributed by atoms with van der Waals surface area (Å²) < 4.78 is 5.52. The molecule has 0 saturated heterocycles. The molecule has 0 saturated carbocycles. The highest BCUT2D eigenvalue weighted by Crippen LogP contribution is 2.24. The highest BCUT2D eigenvalue weighted by molar-refractivity contribution is 5.95. The Balaban J connectivity index is 2.05. The highest BCUT2D eigenvalue weighted by atomic mass is 16.5. The molecule has 0 atom stereocenters. The van der Waals surface area contributed by atoms with E-state index in [-0.39, 0.29) is 18.2 Å². The Labute approximate surface area is 155 Å². The van der Waals surface area contributed by atoms with Crippen LogP contribution in [-0.4, -0.2) is 25.0 Å². The molecule has 0 unspecified atom stereocenters. The number of amides is 2. The van der Waals surface area contributed by atoms with Gasteiger partial charge in [0, 0.05) is 25.6 Å². The third-order valence-corrected chi connectivity index (χ3v) is 3.92. The summed E-state index contributed by atoms with van der Waals surface area (Å²) >= 11 is 0. The first-order valence-corrected chi connectivity index (χ1v) is 8.78. The first kappa shape index (κ1) is 19.5. The Kier molecular flexibility index (Phi) is 6.78. The lowest BCUT2D eigenvalue weighted by molar-refractivity contribution is -0.117. The van der Waals surface area contributed by atoms with Gasteiger partial charge in [-0.2, -0.15) is 0 Å². The van der Waals surface area contributed by atoms with E-state index in [1.807, 2.05) is 51.1 Å². The maximum atomic E-state index is 12.4. The van der Waals surface area contributed by atoms with E-state index in [9.17, 15) is 9.59 Å². The van der Waals surface area contributed by atoms with E-state index in [0.29, 0.717) is 24.6 Å². The van der Waals surface area contributed by atoms with Crippen molar-refractivity contribution in [1.82, 2.24) is 0 Å². The zero-order chi connectivity index (χ0) is 19.1. The zero-order valence-corrected chi connectivity index (χ0v) is 15.8. The van der Waals surface area contributed by atoms with Gasteiger partial charge in [0.1, 0.15) is 5.75 Å². The molecule has 5 nitrogen and oxygen atoms in total. The molecule has 2 rings (SSSR count).